The summed E-state index contributed by atoms with van der Waals surface area (Å²) in [5.74, 6) is -1.92. The Morgan fingerprint density at radius 1 is 1.58 bits per heavy atom. The lowest BCUT2D eigenvalue weighted by atomic mass is 10.2. The van der Waals surface area contributed by atoms with E-state index in [0.29, 0.717) is 3.57 Å². The Kier molecular flexibility index (Phi) is 5.74. The van der Waals surface area contributed by atoms with Crippen molar-refractivity contribution in [3.63, 3.8) is 0 Å². The van der Waals surface area contributed by atoms with Crippen LogP contribution in [0.1, 0.15) is 5.56 Å². The average Bonchev–Trinajstić information content (AvgIpc) is 2.87. The first-order chi connectivity index (χ1) is 11.4. The number of methoxy groups -OCH3 is 1. The highest BCUT2D eigenvalue weighted by atomic mass is 127. The Labute approximate surface area is 150 Å². The van der Waals surface area contributed by atoms with Crippen LogP contribution >= 0.6 is 22.6 Å². The first-order valence-electron chi connectivity index (χ1n) is 6.80. The summed E-state index contributed by atoms with van der Waals surface area (Å²) in [6.07, 6.45) is 0. The molecule has 9 heteroatoms. The Hall–Kier alpha value is -2.19. The minimum atomic E-state index is -0.738. The molecule has 1 aliphatic heterocycles. The number of aliphatic hydroxyl groups excluding tert-OH is 1. The van der Waals surface area contributed by atoms with Crippen molar-refractivity contribution in [2.24, 2.45) is 0 Å². The van der Waals surface area contributed by atoms with Crippen molar-refractivity contribution in [3.8, 4) is 6.07 Å². The summed E-state index contributed by atoms with van der Waals surface area (Å²) in [6, 6.07) is 4.15. The van der Waals surface area contributed by atoms with Gasteiger partial charge >= 0.3 is 5.97 Å². The van der Waals surface area contributed by atoms with E-state index in [1.165, 1.54) is 18.1 Å². The van der Waals surface area contributed by atoms with Crippen molar-refractivity contribution >= 4 is 40.2 Å². The zero-order valence-corrected chi connectivity index (χ0v) is 14.8. The van der Waals surface area contributed by atoms with Gasteiger partial charge in [-0.15, -0.1) is 0 Å². The lowest BCUT2D eigenvalue weighted by molar-refractivity contribution is -0.136. The third kappa shape index (κ3) is 3.49. The maximum Gasteiger partial charge on any atom is 0.337 e. The number of benzene rings is 1. The fourth-order valence-electron chi connectivity index (χ4n) is 2.21. The van der Waals surface area contributed by atoms with Crippen molar-refractivity contribution < 1.29 is 23.8 Å². The molecule has 0 spiro atoms. The highest BCUT2D eigenvalue weighted by molar-refractivity contribution is 14.1. The number of aliphatic hydroxyl groups is 1. The van der Waals surface area contributed by atoms with E-state index in [-0.39, 0.29) is 42.2 Å². The number of carbonyl (C=O) groups excluding carboxylic acids is 2. The third-order valence-corrected chi connectivity index (χ3v) is 4.28. The van der Waals surface area contributed by atoms with Crippen LogP contribution in [-0.4, -0.2) is 48.7 Å². The molecule has 0 bridgehead atoms. The molecule has 1 aromatic rings. The summed E-state index contributed by atoms with van der Waals surface area (Å²) >= 11 is 1.89. The van der Waals surface area contributed by atoms with Gasteiger partial charge in [0.1, 0.15) is 17.6 Å². The van der Waals surface area contributed by atoms with Crippen LogP contribution in [0.2, 0.25) is 0 Å². The normalized spacial score (nSPS) is 14.0. The Bertz CT molecular complexity index is 773. The van der Waals surface area contributed by atoms with E-state index in [2.05, 4.69) is 10.1 Å². The lowest BCUT2D eigenvalue weighted by Crippen LogP contribution is -2.31. The SMILES string of the molecule is COC(=O)C1=C(Nc2cc(F)c(C#N)cc2I)C(=O)N(CCO)C1. The second kappa shape index (κ2) is 7.59. The number of esters is 1. The molecule has 1 aliphatic rings. The van der Waals surface area contributed by atoms with E-state index in [0.717, 1.165) is 6.07 Å². The molecule has 1 amide bonds. The molecule has 0 aromatic heterocycles. The zero-order valence-electron chi connectivity index (χ0n) is 12.6. The van der Waals surface area contributed by atoms with Gasteiger partial charge in [0.25, 0.3) is 5.91 Å². The molecule has 0 aliphatic carbocycles. The Morgan fingerprint density at radius 2 is 2.29 bits per heavy atom. The summed E-state index contributed by atoms with van der Waals surface area (Å²) < 4.78 is 19.0. The summed E-state index contributed by atoms with van der Waals surface area (Å²) in [5.41, 5.74) is 0.198. The van der Waals surface area contributed by atoms with Crippen molar-refractivity contribution in [1.29, 1.82) is 5.26 Å². The van der Waals surface area contributed by atoms with E-state index in [9.17, 15) is 14.0 Å². The van der Waals surface area contributed by atoms with Gasteiger partial charge in [0.2, 0.25) is 0 Å². The lowest BCUT2D eigenvalue weighted by Gasteiger charge is -2.15. The molecular formula is C15H13FIN3O4. The average molecular weight is 445 g/mol. The van der Waals surface area contributed by atoms with Gasteiger partial charge in [-0.05, 0) is 34.7 Å². The summed E-state index contributed by atoms with van der Waals surface area (Å²) in [5, 5.41) is 20.6. The topological polar surface area (TPSA) is 103 Å². The van der Waals surface area contributed by atoms with Crippen LogP contribution in [0.5, 0.6) is 0 Å². The molecule has 1 heterocycles. The zero-order chi connectivity index (χ0) is 17.9. The number of nitriles is 1. The maximum atomic E-state index is 13.8. The van der Waals surface area contributed by atoms with E-state index in [1.54, 1.807) is 6.07 Å². The van der Waals surface area contributed by atoms with Crippen LogP contribution in [-0.2, 0) is 14.3 Å². The predicted molar refractivity (Wildman–Crippen MR) is 90.2 cm³/mol. The second-order valence-electron chi connectivity index (χ2n) is 4.84. The van der Waals surface area contributed by atoms with Gasteiger partial charge in [-0.3, -0.25) is 4.79 Å². The molecule has 2 N–H and O–H groups in total. The number of ether oxygens (including phenoxy) is 1. The monoisotopic (exact) mass is 445 g/mol. The number of carbonyl (C=O) groups is 2. The molecule has 0 unspecified atom stereocenters. The molecule has 0 saturated carbocycles. The highest BCUT2D eigenvalue weighted by Crippen LogP contribution is 2.27. The fourth-order valence-corrected chi connectivity index (χ4v) is 2.81. The highest BCUT2D eigenvalue weighted by Gasteiger charge is 2.34. The van der Waals surface area contributed by atoms with E-state index >= 15 is 0 Å². The summed E-state index contributed by atoms with van der Waals surface area (Å²) in [6.45, 7) is -0.205. The number of rotatable bonds is 5. The molecule has 1 aromatic carbocycles. The van der Waals surface area contributed by atoms with Gasteiger partial charge in [-0.1, -0.05) is 0 Å². The number of hydrogen-bond acceptors (Lipinski definition) is 6. The van der Waals surface area contributed by atoms with Crippen molar-refractivity contribution in [3.05, 3.63) is 38.4 Å². The second-order valence-corrected chi connectivity index (χ2v) is 6.01. The van der Waals surface area contributed by atoms with Crippen LogP contribution in [0.15, 0.2) is 23.4 Å². The van der Waals surface area contributed by atoms with Crippen LogP contribution in [0.25, 0.3) is 0 Å². The largest absolute Gasteiger partial charge is 0.466 e. The van der Waals surface area contributed by atoms with Gasteiger partial charge in [-0.25, -0.2) is 9.18 Å². The quantitative estimate of drug-likeness (QED) is 0.518. The molecule has 0 saturated heterocycles. The molecule has 126 valence electrons. The van der Waals surface area contributed by atoms with E-state index in [1.807, 2.05) is 22.6 Å². The number of nitrogens with zero attached hydrogens (tertiary/aromatic N) is 2. The van der Waals surface area contributed by atoms with Gasteiger partial charge in [0.05, 0.1) is 37.1 Å². The minimum Gasteiger partial charge on any atom is -0.466 e. The van der Waals surface area contributed by atoms with Crippen LogP contribution in [0.4, 0.5) is 10.1 Å². The Morgan fingerprint density at radius 3 is 2.88 bits per heavy atom. The third-order valence-electron chi connectivity index (χ3n) is 3.39. The summed E-state index contributed by atoms with van der Waals surface area (Å²) in [4.78, 5) is 25.5. The van der Waals surface area contributed by atoms with Gasteiger partial charge in [0, 0.05) is 10.1 Å². The molecular weight excluding hydrogens is 432 g/mol. The van der Waals surface area contributed by atoms with Crippen LogP contribution < -0.4 is 5.32 Å². The smallest absolute Gasteiger partial charge is 0.337 e. The van der Waals surface area contributed by atoms with Crippen molar-refractivity contribution in [1.82, 2.24) is 4.90 Å². The molecule has 0 atom stereocenters. The minimum absolute atomic E-state index is 0.0102. The molecule has 2 rings (SSSR count). The summed E-state index contributed by atoms with van der Waals surface area (Å²) in [7, 11) is 1.19. The number of anilines is 1. The van der Waals surface area contributed by atoms with Crippen molar-refractivity contribution in [2.45, 2.75) is 0 Å². The van der Waals surface area contributed by atoms with Gasteiger partial charge in [-0.2, -0.15) is 5.26 Å². The molecule has 0 fully saturated rings. The number of β-amino-alcohol motifs (C(OH)–C–C–N with tert-alkyl or cyclic N) is 1. The fraction of sp³-hybridized carbons (Fsp3) is 0.267. The van der Waals surface area contributed by atoms with Gasteiger partial charge in [0.15, 0.2) is 0 Å². The standard InChI is InChI=1S/C15H13FIN3O4/c1-24-15(23)9-7-20(2-3-21)14(22)13(9)19-12-5-10(16)8(6-18)4-11(12)17/h4-5,19,21H,2-3,7H2,1H3. The predicted octanol–water partition coefficient (Wildman–Crippen LogP) is 0.975. The van der Waals surface area contributed by atoms with Crippen LogP contribution in [0.3, 0.4) is 0 Å². The Balaban J connectivity index is 2.41. The van der Waals surface area contributed by atoms with Crippen LogP contribution in [0, 0.1) is 20.7 Å². The number of amides is 1. The number of hydrogen-bond donors (Lipinski definition) is 2. The number of halogens is 2. The van der Waals surface area contributed by atoms with E-state index in [4.69, 9.17) is 10.4 Å². The molecule has 7 nitrogen and oxygen atoms in total. The number of nitrogens with one attached hydrogen (secondary N) is 1. The van der Waals surface area contributed by atoms with Gasteiger partial charge < -0.3 is 20.1 Å². The van der Waals surface area contributed by atoms with Crippen molar-refractivity contribution in [2.75, 3.05) is 32.1 Å². The maximum absolute atomic E-state index is 13.8. The molecule has 24 heavy (non-hydrogen) atoms. The van der Waals surface area contributed by atoms with E-state index < -0.39 is 17.7 Å². The molecule has 0 radical (unpaired) electrons. The first-order valence-corrected chi connectivity index (χ1v) is 7.88. The first kappa shape index (κ1) is 18.2.